The zero-order valence-corrected chi connectivity index (χ0v) is 12.9. The van der Waals surface area contributed by atoms with Gasteiger partial charge in [-0.05, 0) is 69.6 Å². The molecule has 0 radical (unpaired) electrons. The van der Waals surface area contributed by atoms with Gasteiger partial charge in [0.05, 0.1) is 0 Å². The Labute approximate surface area is 123 Å². The number of carbonyl (C=O) groups excluding carboxylic acids is 1. The zero-order valence-electron chi connectivity index (χ0n) is 11.4. The third-order valence-corrected chi connectivity index (χ3v) is 4.31. The first kappa shape index (κ1) is 14.5. The minimum Gasteiger partial charge on any atom is -0.352 e. The molecule has 1 fully saturated rings. The first-order valence-corrected chi connectivity index (χ1v) is 7.67. The smallest absolute Gasteiger partial charge is 0.251 e. The monoisotopic (exact) mass is 324 g/mol. The van der Waals surface area contributed by atoms with Crippen LogP contribution in [0.5, 0.6) is 0 Å². The molecule has 1 aromatic rings. The van der Waals surface area contributed by atoms with Gasteiger partial charge in [0.15, 0.2) is 0 Å². The molecule has 0 bridgehead atoms. The highest BCUT2D eigenvalue weighted by Crippen LogP contribution is 2.18. The summed E-state index contributed by atoms with van der Waals surface area (Å²) in [6.45, 7) is 3.15. The van der Waals surface area contributed by atoms with E-state index in [2.05, 4.69) is 33.2 Å². The van der Waals surface area contributed by atoms with Crippen molar-refractivity contribution >= 4 is 21.8 Å². The predicted molar refractivity (Wildman–Crippen MR) is 81.3 cm³/mol. The molecule has 0 atom stereocenters. The molecule has 0 spiro atoms. The van der Waals surface area contributed by atoms with Gasteiger partial charge in [0, 0.05) is 16.6 Å². The average molecular weight is 325 g/mol. The van der Waals surface area contributed by atoms with E-state index >= 15 is 0 Å². The van der Waals surface area contributed by atoms with Gasteiger partial charge in [0.25, 0.3) is 5.91 Å². The lowest BCUT2D eigenvalue weighted by atomic mass is 9.94. The summed E-state index contributed by atoms with van der Waals surface area (Å²) in [6, 6.07) is 7.47. The van der Waals surface area contributed by atoms with E-state index in [1.54, 1.807) is 0 Å². The van der Waals surface area contributed by atoms with Crippen molar-refractivity contribution in [1.29, 1.82) is 0 Å². The molecular formula is C15H21BrN2O. The minimum absolute atomic E-state index is 0.0282. The largest absolute Gasteiger partial charge is 0.352 e. The summed E-state index contributed by atoms with van der Waals surface area (Å²) in [7, 11) is 2.17. The van der Waals surface area contributed by atoms with Gasteiger partial charge < -0.3 is 10.2 Å². The molecule has 1 aromatic carbocycles. The first-order chi connectivity index (χ1) is 9.15. The van der Waals surface area contributed by atoms with E-state index in [1.807, 2.05) is 24.3 Å². The van der Waals surface area contributed by atoms with E-state index in [0.29, 0.717) is 0 Å². The lowest BCUT2D eigenvalue weighted by Gasteiger charge is -2.28. The fourth-order valence-corrected chi connectivity index (χ4v) is 2.71. The number of amides is 1. The Morgan fingerprint density at radius 1 is 1.32 bits per heavy atom. The number of nitrogens with zero attached hydrogens (tertiary/aromatic N) is 1. The maximum Gasteiger partial charge on any atom is 0.251 e. The van der Waals surface area contributed by atoms with E-state index < -0.39 is 0 Å². The number of rotatable bonds is 4. The van der Waals surface area contributed by atoms with Gasteiger partial charge in [0.1, 0.15) is 0 Å². The summed E-state index contributed by atoms with van der Waals surface area (Å²) < 4.78 is 0.996. The van der Waals surface area contributed by atoms with Crippen LogP contribution in [0.1, 0.15) is 29.6 Å². The van der Waals surface area contributed by atoms with Gasteiger partial charge in [0.2, 0.25) is 0 Å². The van der Waals surface area contributed by atoms with Crippen LogP contribution < -0.4 is 5.32 Å². The number of benzene rings is 1. The van der Waals surface area contributed by atoms with Crippen molar-refractivity contribution in [2.24, 2.45) is 5.92 Å². The molecule has 2 rings (SSSR count). The molecule has 4 heteroatoms. The quantitative estimate of drug-likeness (QED) is 0.923. The fraction of sp³-hybridized carbons (Fsp3) is 0.533. The minimum atomic E-state index is 0.0282. The molecule has 1 aliphatic heterocycles. The van der Waals surface area contributed by atoms with E-state index in [1.165, 1.54) is 25.9 Å². The standard InChI is InChI=1S/C15H21BrN2O/c1-18-10-7-12(8-11-18)6-9-17-15(19)13-2-4-14(16)5-3-13/h2-5,12H,6-11H2,1H3,(H,17,19). The SMILES string of the molecule is CN1CCC(CCNC(=O)c2ccc(Br)cc2)CC1. The Hall–Kier alpha value is -0.870. The van der Waals surface area contributed by atoms with Gasteiger partial charge in [-0.2, -0.15) is 0 Å². The van der Waals surface area contributed by atoms with Gasteiger partial charge in [-0.3, -0.25) is 4.79 Å². The maximum atomic E-state index is 11.9. The van der Waals surface area contributed by atoms with E-state index in [4.69, 9.17) is 0 Å². The van der Waals surface area contributed by atoms with Crippen LogP contribution in [0.25, 0.3) is 0 Å². The molecule has 0 saturated carbocycles. The van der Waals surface area contributed by atoms with Gasteiger partial charge in [-0.1, -0.05) is 15.9 Å². The Balaban J connectivity index is 1.70. The van der Waals surface area contributed by atoms with Crippen molar-refractivity contribution in [2.75, 3.05) is 26.7 Å². The Morgan fingerprint density at radius 2 is 1.95 bits per heavy atom. The van der Waals surface area contributed by atoms with Crippen molar-refractivity contribution in [3.63, 3.8) is 0 Å². The second kappa shape index (κ2) is 7.06. The lowest BCUT2D eigenvalue weighted by Crippen LogP contribution is -2.32. The molecular weight excluding hydrogens is 304 g/mol. The molecule has 0 aliphatic carbocycles. The number of carbonyl (C=O) groups is 1. The van der Waals surface area contributed by atoms with Crippen molar-refractivity contribution in [2.45, 2.75) is 19.3 Å². The Kier molecular flexibility index (Phi) is 5.40. The number of hydrogen-bond donors (Lipinski definition) is 1. The molecule has 19 heavy (non-hydrogen) atoms. The van der Waals surface area contributed by atoms with Crippen LogP contribution in [0, 0.1) is 5.92 Å². The number of piperidine rings is 1. The van der Waals surface area contributed by atoms with Crippen molar-refractivity contribution in [1.82, 2.24) is 10.2 Å². The summed E-state index contributed by atoms with van der Waals surface area (Å²) in [4.78, 5) is 14.3. The van der Waals surface area contributed by atoms with Crippen LogP contribution in [0.4, 0.5) is 0 Å². The number of nitrogens with one attached hydrogen (secondary N) is 1. The topological polar surface area (TPSA) is 32.3 Å². The van der Waals surface area contributed by atoms with Crippen molar-refractivity contribution < 1.29 is 4.79 Å². The van der Waals surface area contributed by atoms with E-state index in [0.717, 1.165) is 28.9 Å². The third kappa shape index (κ3) is 4.62. The van der Waals surface area contributed by atoms with E-state index in [9.17, 15) is 4.79 Å². The second-order valence-corrected chi connectivity index (χ2v) is 6.21. The number of hydrogen-bond acceptors (Lipinski definition) is 2. The third-order valence-electron chi connectivity index (χ3n) is 3.78. The number of halogens is 1. The Bertz CT molecular complexity index is 411. The molecule has 3 nitrogen and oxygen atoms in total. The van der Waals surface area contributed by atoms with E-state index in [-0.39, 0.29) is 5.91 Å². The first-order valence-electron chi connectivity index (χ1n) is 6.87. The summed E-state index contributed by atoms with van der Waals surface area (Å²) >= 11 is 3.37. The highest BCUT2D eigenvalue weighted by Gasteiger charge is 2.16. The molecule has 0 aromatic heterocycles. The molecule has 1 N–H and O–H groups in total. The molecule has 1 saturated heterocycles. The van der Waals surface area contributed by atoms with Crippen molar-refractivity contribution in [3.8, 4) is 0 Å². The molecule has 104 valence electrons. The van der Waals surface area contributed by atoms with Crippen LogP contribution in [0.15, 0.2) is 28.7 Å². The summed E-state index contributed by atoms with van der Waals surface area (Å²) in [5, 5.41) is 3.01. The van der Waals surface area contributed by atoms with Crippen molar-refractivity contribution in [3.05, 3.63) is 34.3 Å². The number of likely N-dealkylation sites (tertiary alicyclic amines) is 1. The normalized spacial score (nSPS) is 17.4. The van der Waals surface area contributed by atoms with Gasteiger partial charge in [-0.25, -0.2) is 0 Å². The van der Waals surface area contributed by atoms with Gasteiger partial charge in [-0.15, -0.1) is 0 Å². The highest BCUT2D eigenvalue weighted by atomic mass is 79.9. The summed E-state index contributed by atoms with van der Waals surface area (Å²) in [5.74, 6) is 0.793. The summed E-state index contributed by atoms with van der Waals surface area (Å²) in [6.07, 6.45) is 3.60. The van der Waals surface area contributed by atoms with Crippen LogP contribution in [0.2, 0.25) is 0 Å². The molecule has 1 aliphatic rings. The van der Waals surface area contributed by atoms with Crippen LogP contribution in [-0.4, -0.2) is 37.5 Å². The predicted octanol–water partition coefficient (Wildman–Crippen LogP) is 2.91. The van der Waals surface area contributed by atoms with Gasteiger partial charge >= 0.3 is 0 Å². The Morgan fingerprint density at radius 3 is 2.58 bits per heavy atom. The maximum absolute atomic E-state index is 11.9. The summed E-state index contributed by atoms with van der Waals surface area (Å²) in [5.41, 5.74) is 0.728. The van der Waals surface area contributed by atoms with Crippen LogP contribution in [0.3, 0.4) is 0 Å². The molecule has 0 unspecified atom stereocenters. The lowest BCUT2D eigenvalue weighted by molar-refractivity contribution is 0.0949. The average Bonchev–Trinajstić information content (AvgIpc) is 2.41. The highest BCUT2D eigenvalue weighted by molar-refractivity contribution is 9.10. The molecule has 1 heterocycles. The van der Waals surface area contributed by atoms with Crippen LogP contribution >= 0.6 is 15.9 Å². The van der Waals surface area contributed by atoms with Crippen LogP contribution in [-0.2, 0) is 0 Å². The zero-order chi connectivity index (χ0) is 13.7. The second-order valence-electron chi connectivity index (χ2n) is 5.30. The molecule has 1 amide bonds. The fourth-order valence-electron chi connectivity index (χ4n) is 2.44.